The van der Waals surface area contributed by atoms with Crippen molar-refractivity contribution in [3.8, 4) is 0 Å². The lowest BCUT2D eigenvalue weighted by molar-refractivity contribution is 0.279. The van der Waals surface area contributed by atoms with Gasteiger partial charge in [0.25, 0.3) is 5.56 Å². The van der Waals surface area contributed by atoms with Crippen LogP contribution >= 0.6 is 0 Å². The molecule has 19 heavy (non-hydrogen) atoms. The minimum atomic E-state index is -0.0608. The van der Waals surface area contributed by atoms with Gasteiger partial charge >= 0.3 is 0 Å². The van der Waals surface area contributed by atoms with E-state index in [4.69, 9.17) is 5.11 Å². The molecule has 1 fully saturated rings. The van der Waals surface area contributed by atoms with Gasteiger partial charge in [-0.1, -0.05) is 0 Å². The van der Waals surface area contributed by atoms with Gasteiger partial charge in [0.2, 0.25) is 0 Å². The number of hydrogen-bond acceptors (Lipinski definition) is 5. The van der Waals surface area contributed by atoms with Gasteiger partial charge in [0.1, 0.15) is 0 Å². The third-order valence-corrected chi connectivity index (χ3v) is 3.50. The maximum atomic E-state index is 11.9. The normalized spacial score (nSPS) is 16.8. The Labute approximate surface area is 113 Å². The van der Waals surface area contributed by atoms with Crippen LogP contribution in [0.4, 0.5) is 5.69 Å². The number of aliphatic hydroxyl groups excluding tert-OH is 1. The monoisotopic (exact) mass is 266 g/mol. The molecule has 1 aromatic rings. The number of piperazine rings is 1. The van der Waals surface area contributed by atoms with Gasteiger partial charge in [-0.3, -0.25) is 4.79 Å². The van der Waals surface area contributed by atoms with Gasteiger partial charge in [0.15, 0.2) is 0 Å². The molecule has 0 unspecified atom stereocenters. The van der Waals surface area contributed by atoms with Crippen LogP contribution in [0.1, 0.15) is 12.8 Å². The van der Waals surface area contributed by atoms with Crippen molar-refractivity contribution in [3.63, 3.8) is 0 Å². The highest BCUT2D eigenvalue weighted by atomic mass is 16.2. The van der Waals surface area contributed by atoms with E-state index >= 15 is 0 Å². The number of aryl methyl sites for hydroxylation is 1. The number of anilines is 1. The third kappa shape index (κ3) is 3.78. The standard InChI is InChI=1S/C13H22N4O2/c1-15-5-7-16(8-6-15)12-10-13(19)17(14-11-12)4-2-3-9-18/h10-11,18H,2-9H2,1H3. The average molecular weight is 266 g/mol. The Morgan fingerprint density at radius 1 is 1.26 bits per heavy atom. The van der Waals surface area contributed by atoms with Crippen molar-refractivity contribution in [2.75, 3.05) is 44.7 Å². The Balaban J connectivity index is 2.00. The largest absolute Gasteiger partial charge is 0.396 e. The Morgan fingerprint density at radius 2 is 2.00 bits per heavy atom. The zero-order valence-corrected chi connectivity index (χ0v) is 11.5. The van der Waals surface area contributed by atoms with Crippen LogP contribution in [0.15, 0.2) is 17.1 Å². The van der Waals surface area contributed by atoms with E-state index in [0.29, 0.717) is 13.0 Å². The molecular formula is C13H22N4O2. The second-order valence-corrected chi connectivity index (χ2v) is 5.00. The Hall–Kier alpha value is -1.40. The van der Waals surface area contributed by atoms with Gasteiger partial charge in [-0.2, -0.15) is 5.10 Å². The SMILES string of the molecule is CN1CCN(c2cnn(CCCCO)c(=O)c2)CC1. The number of hydrogen-bond donors (Lipinski definition) is 1. The topological polar surface area (TPSA) is 61.6 Å². The molecule has 106 valence electrons. The molecule has 1 aliphatic rings. The van der Waals surface area contributed by atoms with E-state index in [-0.39, 0.29) is 12.2 Å². The molecule has 1 saturated heterocycles. The van der Waals surface area contributed by atoms with Crippen molar-refractivity contribution in [1.82, 2.24) is 14.7 Å². The summed E-state index contributed by atoms with van der Waals surface area (Å²) in [6, 6.07) is 1.66. The number of likely N-dealkylation sites (N-methyl/N-ethyl adjacent to an activating group) is 1. The number of rotatable bonds is 5. The lowest BCUT2D eigenvalue weighted by atomic mass is 10.3. The molecule has 0 atom stereocenters. The number of aliphatic hydroxyl groups is 1. The predicted octanol–water partition coefficient (Wildman–Crippen LogP) is -0.232. The Kier molecular flexibility index (Phi) is 4.93. The summed E-state index contributed by atoms with van der Waals surface area (Å²) in [5.41, 5.74) is 0.853. The Bertz CT molecular complexity index is 452. The lowest BCUT2D eigenvalue weighted by Gasteiger charge is -2.33. The molecule has 0 amide bonds. The first-order valence-electron chi connectivity index (χ1n) is 6.82. The summed E-state index contributed by atoms with van der Waals surface area (Å²) in [5.74, 6) is 0. The first-order chi connectivity index (χ1) is 9.20. The van der Waals surface area contributed by atoms with E-state index in [1.54, 1.807) is 12.3 Å². The van der Waals surface area contributed by atoms with Crippen LogP contribution < -0.4 is 10.5 Å². The third-order valence-electron chi connectivity index (χ3n) is 3.50. The molecule has 1 aliphatic heterocycles. The van der Waals surface area contributed by atoms with Crippen molar-refractivity contribution in [2.45, 2.75) is 19.4 Å². The minimum absolute atomic E-state index is 0.0608. The molecule has 1 aromatic heterocycles. The summed E-state index contributed by atoms with van der Waals surface area (Å²) >= 11 is 0. The first kappa shape index (κ1) is 14.0. The fourth-order valence-electron chi connectivity index (χ4n) is 2.20. The minimum Gasteiger partial charge on any atom is -0.396 e. The van der Waals surface area contributed by atoms with E-state index in [0.717, 1.165) is 38.3 Å². The van der Waals surface area contributed by atoms with Crippen molar-refractivity contribution in [2.24, 2.45) is 0 Å². The molecule has 0 spiro atoms. The molecule has 0 radical (unpaired) electrons. The van der Waals surface area contributed by atoms with Crippen molar-refractivity contribution >= 4 is 5.69 Å². The number of nitrogens with zero attached hydrogens (tertiary/aromatic N) is 4. The van der Waals surface area contributed by atoms with E-state index < -0.39 is 0 Å². The fraction of sp³-hybridized carbons (Fsp3) is 0.692. The van der Waals surface area contributed by atoms with Crippen LogP contribution in [-0.2, 0) is 6.54 Å². The molecule has 0 aromatic carbocycles. The van der Waals surface area contributed by atoms with Crippen molar-refractivity contribution in [1.29, 1.82) is 0 Å². The summed E-state index contributed by atoms with van der Waals surface area (Å²) in [5, 5.41) is 12.9. The smallest absolute Gasteiger partial charge is 0.268 e. The van der Waals surface area contributed by atoms with Crippen LogP contribution in [0.25, 0.3) is 0 Å². The van der Waals surface area contributed by atoms with Gasteiger partial charge in [-0.05, 0) is 19.9 Å². The van der Waals surface area contributed by atoms with Crippen LogP contribution in [0.3, 0.4) is 0 Å². The molecule has 0 bridgehead atoms. The van der Waals surface area contributed by atoms with Crippen LogP contribution in [0, 0.1) is 0 Å². The molecular weight excluding hydrogens is 244 g/mol. The van der Waals surface area contributed by atoms with Crippen molar-refractivity contribution in [3.05, 3.63) is 22.6 Å². The highest BCUT2D eigenvalue weighted by Gasteiger charge is 2.15. The molecule has 6 nitrogen and oxygen atoms in total. The molecule has 2 heterocycles. The second kappa shape index (κ2) is 6.68. The predicted molar refractivity (Wildman–Crippen MR) is 74.5 cm³/mol. The Morgan fingerprint density at radius 3 is 2.63 bits per heavy atom. The van der Waals surface area contributed by atoms with E-state index in [9.17, 15) is 4.79 Å². The van der Waals surface area contributed by atoms with Crippen LogP contribution in [0.5, 0.6) is 0 Å². The quantitative estimate of drug-likeness (QED) is 0.746. The first-order valence-corrected chi connectivity index (χ1v) is 6.82. The van der Waals surface area contributed by atoms with Crippen molar-refractivity contribution < 1.29 is 5.11 Å². The van der Waals surface area contributed by atoms with E-state index in [2.05, 4.69) is 21.9 Å². The van der Waals surface area contributed by atoms with Gasteiger partial charge in [0.05, 0.1) is 11.9 Å². The summed E-state index contributed by atoms with van der Waals surface area (Å²) in [4.78, 5) is 16.4. The summed E-state index contributed by atoms with van der Waals surface area (Å²) in [6.07, 6.45) is 3.25. The van der Waals surface area contributed by atoms with E-state index in [1.807, 2.05) is 0 Å². The average Bonchev–Trinajstić information content (AvgIpc) is 2.42. The zero-order chi connectivity index (χ0) is 13.7. The maximum absolute atomic E-state index is 11.9. The van der Waals surface area contributed by atoms with E-state index in [1.165, 1.54) is 4.68 Å². The second-order valence-electron chi connectivity index (χ2n) is 5.00. The zero-order valence-electron chi connectivity index (χ0n) is 11.5. The van der Waals surface area contributed by atoms with Gasteiger partial charge in [0, 0.05) is 45.4 Å². The molecule has 0 saturated carbocycles. The summed E-state index contributed by atoms with van der Waals surface area (Å²) in [6.45, 7) is 4.63. The highest BCUT2D eigenvalue weighted by Crippen LogP contribution is 2.12. The van der Waals surface area contributed by atoms with Crippen LogP contribution in [0.2, 0.25) is 0 Å². The number of unbranched alkanes of at least 4 members (excludes halogenated alkanes) is 1. The lowest BCUT2D eigenvalue weighted by Crippen LogP contribution is -2.45. The molecule has 6 heteroatoms. The summed E-state index contributed by atoms with van der Waals surface area (Å²) < 4.78 is 1.47. The van der Waals surface area contributed by atoms with Gasteiger partial charge < -0.3 is 14.9 Å². The molecule has 0 aliphatic carbocycles. The summed E-state index contributed by atoms with van der Waals surface area (Å²) in [7, 11) is 2.11. The highest BCUT2D eigenvalue weighted by molar-refractivity contribution is 5.43. The fourth-order valence-corrected chi connectivity index (χ4v) is 2.20. The maximum Gasteiger partial charge on any atom is 0.268 e. The van der Waals surface area contributed by atoms with Gasteiger partial charge in [-0.15, -0.1) is 0 Å². The van der Waals surface area contributed by atoms with Crippen LogP contribution in [-0.4, -0.2) is 59.6 Å². The molecule has 2 rings (SSSR count). The van der Waals surface area contributed by atoms with Gasteiger partial charge in [-0.25, -0.2) is 4.68 Å². The number of aromatic nitrogens is 2. The molecule has 1 N–H and O–H groups in total.